The zero-order valence-corrected chi connectivity index (χ0v) is 33.0. The number of nitrogens with zero attached hydrogens (tertiary/aromatic N) is 5. The second kappa shape index (κ2) is 13.9. The molecule has 5 nitrogen and oxygen atoms in total. The Bertz CT molecular complexity index is 3520. The second-order valence-electron chi connectivity index (χ2n) is 15.0. The van der Waals surface area contributed by atoms with Crippen molar-refractivity contribution >= 4 is 64.2 Å². The van der Waals surface area contributed by atoms with Crippen molar-refractivity contribution < 1.29 is 0 Å². The van der Waals surface area contributed by atoms with Crippen molar-refractivity contribution in [3.05, 3.63) is 200 Å². The molecule has 0 aliphatic rings. The Kier molecular flexibility index (Phi) is 7.96. The van der Waals surface area contributed by atoms with Crippen LogP contribution in [0.5, 0.6) is 0 Å². The molecule has 6 heteroatoms. The summed E-state index contributed by atoms with van der Waals surface area (Å²) < 4.78 is 4.75. The first-order valence-corrected chi connectivity index (χ1v) is 20.9. The van der Waals surface area contributed by atoms with E-state index in [1.807, 2.05) is 30.3 Å². The summed E-state index contributed by atoms with van der Waals surface area (Å²) in [6.07, 6.45) is 0. The number of hydrogen-bond acceptors (Lipinski definition) is 5. The molecule has 60 heavy (non-hydrogen) atoms. The monoisotopic (exact) mass is 783 g/mol. The largest absolute Gasteiger partial charge is 0.309 e. The normalized spacial score (nSPS) is 11.7. The van der Waals surface area contributed by atoms with Crippen LogP contribution in [0.3, 0.4) is 0 Å². The van der Waals surface area contributed by atoms with Gasteiger partial charge in [0.05, 0.1) is 26.9 Å². The lowest BCUT2D eigenvalue weighted by Gasteiger charge is -2.12. The zero-order valence-electron chi connectivity index (χ0n) is 32.2. The summed E-state index contributed by atoms with van der Waals surface area (Å²) in [5.74, 6) is 1.86. The van der Waals surface area contributed by atoms with Gasteiger partial charge in [-0.1, -0.05) is 152 Å². The summed E-state index contributed by atoms with van der Waals surface area (Å²) in [5.41, 5.74) is 11.5. The minimum absolute atomic E-state index is 0.614. The number of hydrogen-bond donors (Lipinski definition) is 0. The molecule has 4 aromatic heterocycles. The number of rotatable bonds is 6. The van der Waals surface area contributed by atoms with Crippen LogP contribution in [-0.2, 0) is 0 Å². The minimum atomic E-state index is 0.614. The van der Waals surface area contributed by atoms with Gasteiger partial charge in [0.25, 0.3) is 0 Å². The molecule has 0 N–H and O–H groups in total. The van der Waals surface area contributed by atoms with Crippen LogP contribution in [0.1, 0.15) is 0 Å². The highest BCUT2D eigenvalue weighted by molar-refractivity contribution is 7.26. The topological polar surface area (TPSA) is 56.5 Å². The maximum absolute atomic E-state index is 5.39. The Balaban J connectivity index is 0.970. The standard InChI is InChI=1S/C54H33N5S/c1-3-14-34(15-4-1)40-21-13-22-44-48(40)49-43-20-9-12-25-47(43)60-51(49)50(55-44)35-26-28-37(29-27-35)53-56-52(36-16-5-2-6-17-36)57-54(58-53)38-30-32-39(33-31-38)59-45-23-10-7-18-41(45)42-19-8-11-24-46(42)59/h1-33H. The Hall–Kier alpha value is -7.80. The number of aromatic nitrogens is 5. The summed E-state index contributed by atoms with van der Waals surface area (Å²) >= 11 is 1.81. The van der Waals surface area contributed by atoms with Crippen LogP contribution in [0.15, 0.2) is 200 Å². The van der Waals surface area contributed by atoms with Crippen LogP contribution in [0.25, 0.3) is 115 Å². The molecule has 12 aromatic rings. The fourth-order valence-corrected chi connectivity index (χ4v) is 9.89. The quantitative estimate of drug-likeness (QED) is 0.169. The molecule has 0 aliphatic heterocycles. The van der Waals surface area contributed by atoms with Crippen LogP contribution in [0.2, 0.25) is 0 Å². The van der Waals surface area contributed by atoms with Crippen molar-refractivity contribution in [3.63, 3.8) is 0 Å². The molecule has 4 heterocycles. The predicted octanol–water partition coefficient (Wildman–Crippen LogP) is 14.2. The molecular weight excluding hydrogens is 751 g/mol. The number of para-hydroxylation sites is 2. The average molecular weight is 784 g/mol. The lowest BCUT2D eigenvalue weighted by atomic mass is 9.95. The van der Waals surface area contributed by atoms with Crippen molar-refractivity contribution in [2.24, 2.45) is 0 Å². The third kappa shape index (κ3) is 5.61. The van der Waals surface area contributed by atoms with Gasteiger partial charge in [0.1, 0.15) is 0 Å². The van der Waals surface area contributed by atoms with Gasteiger partial charge in [0.15, 0.2) is 17.5 Å². The lowest BCUT2D eigenvalue weighted by molar-refractivity contribution is 1.07. The molecule has 0 fully saturated rings. The molecule has 0 spiro atoms. The Labute approximate surface area is 349 Å². The Morgan fingerprint density at radius 2 is 0.850 bits per heavy atom. The van der Waals surface area contributed by atoms with Gasteiger partial charge >= 0.3 is 0 Å². The van der Waals surface area contributed by atoms with Gasteiger partial charge in [-0.25, -0.2) is 19.9 Å². The van der Waals surface area contributed by atoms with Crippen LogP contribution < -0.4 is 0 Å². The van der Waals surface area contributed by atoms with E-state index in [-0.39, 0.29) is 0 Å². The van der Waals surface area contributed by atoms with Gasteiger partial charge < -0.3 is 4.57 Å². The molecule has 12 rings (SSSR count). The first-order chi connectivity index (χ1) is 29.7. The van der Waals surface area contributed by atoms with Gasteiger partial charge in [0.2, 0.25) is 0 Å². The van der Waals surface area contributed by atoms with Crippen LogP contribution >= 0.6 is 11.3 Å². The fourth-order valence-electron chi connectivity index (χ4n) is 8.67. The van der Waals surface area contributed by atoms with Crippen molar-refractivity contribution in [1.29, 1.82) is 0 Å². The SMILES string of the molecule is c1ccc(-c2nc(-c3ccc(-c4nc5cccc(-c6ccccc6)c5c5c4sc4ccccc45)cc3)nc(-c3ccc(-n4c5ccccc5c5ccccc54)cc3)n2)cc1. The number of thiophene rings is 1. The summed E-state index contributed by atoms with van der Waals surface area (Å²) in [6.45, 7) is 0. The van der Waals surface area contributed by atoms with Crippen LogP contribution in [0, 0.1) is 0 Å². The summed E-state index contributed by atoms with van der Waals surface area (Å²) in [6, 6.07) is 70.1. The first kappa shape index (κ1) is 34.3. The van der Waals surface area contributed by atoms with Crippen molar-refractivity contribution in [1.82, 2.24) is 24.5 Å². The predicted molar refractivity (Wildman–Crippen MR) is 250 cm³/mol. The second-order valence-corrected chi connectivity index (χ2v) is 16.0. The van der Waals surface area contributed by atoms with E-state index in [9.17, 15) is 0 Å². The highest BCUT2D eigenvalue weighted by atomic mass is 32.1. The van der Waals surface area contributed by atoms with Gasteiger partial charge in [-0.2, -0.15) is 0 Å². The van der Waals surface area contributed by atoms with E-state index in [2.05, 4.69) is 174 Å². The molecule has 0 atom stereocenters. The van der Waals surface area contributed by atoms with E-state index in [1.54, 1.807) is 11.3 Å². The number of benzene rings is 8. The van der Waals surface area contributed by atoms with Crippen LogP contribution in [-0.4, -0.2) is 24.5 Å². The van der Waals surface area contributed by atoms with E-state index in [0.29, 0.717) is 17.5 Å². The fraction of sp³-hybridized carbons (Fsp3) is 0. The number of fused-ring (bicyclic) bond motifs is 8. The zero-order chi connectivity index (χ0) is 39.6. The van der Waals surface area contributed by atoms with Gasteiger partial charge in [0, 0.05) is 59.6 Å². The molecule has 0 aliphatic carbocycles. The summed E-state index contributed by atoms with van der Waals surface area (Å²) in [5, 5.41) is 6.16. The van der Waals surface area contributed by atoms with E-state index < -0.39 is 0 Å². The smallest absolute Gasteiger partial charge is 0.164 e. The van der Waals surface area contributed by atoms with E-state index in [0.717, 1.165) is 39.2 Å². The van der Waals surface area contributed by atoms with Crippen molar-refractivity contribution in [2.45, 2.75) is 0 Å². The van der Waals surface area contributed by atoms with Crippen molar-refractivity contribution in [2.75, 3.05) is 0 Å². The first-order valence-electron chi connectivity index (χ1n) is 20.1. The molecule has 0 saturated carbocycles. The molecule has 0 radical (unpaired) electrons. The molecule has 280 valence electrons. The lowest BCUT2D eigenvalue weighted by Crippen LogP contribution is -2.00. The van der Waals surface area contributed by atoms with E-state index in [4.69, 9.17) is 19.9 Å². The molecule has 0 saturated heterocycles. The minimum Gasteiger partial charge on any atom is -0.309 e. The van der Waals surface area contributed by atoms with E-state index in [1.165, 1.54) is 58.5 Å². The maximum Gasteiger partial charge on any atom is 0.164 e. The Morgan fingerprint density at radius 1 is 0.350 bits per heavy atom. The molecule has 0 unspecified atom stereocenters. The van der Waals surface area contributed by atoms with Gasteiger partial charge in [-0.3, -0.25) is 0 Å². The highest BCUT2D eigenvalue weighted by Gasteiger charge is 2.20. The van der Waals surface area contributed by atoms with Gasteiger partial charge in [-0.15, -0.1) is 11.3 Å². The highest BCUT2D eigenvalue weighted by Crippen LogP contribution is 2.45. The number of pyridine rings is 1. The van der Waals surface area contributed by atoms with Gasteiger partial charge in [-0.05, 0) is 59.7 Å². The van der Waals surface area contributed by atoms with Crippen LogP contribution in [0.4, 0.5) is 0 Å². The maximum atomic E-state index is 5.39. The van der Waals surface area contributed by atoms with Crippen molar-refractivity contribution in [3.8, 4) is 62.2 Å². The third-order valence-electron chi connectivity index (χ3n) is 11.5. The average Bonchev–Trinajstić information content (AvgIpc) is 3.88. The molecular formula is C54H33N5S. The molecule has 0 amide bonds. The van der Waals surface area contributed by atoms with E-state index >= 15 is 0 Å². The third-order valence-corrected chi connectivity index (χ3v) is 12.6. The molecule has 8 aromatic carbocycles. The Morgan fingerprint density at radius 3 is 1.48 bits per heavy atom. The summed E-state index contributed by atoms with van der Waals surface area (Å²) in [4.78, 5) is 20.6. The molecule has 0 bridgehead atoms. The summed E-state index contributed by atoms with van der Waals surface area (Å²) in [7, 11) is 0.